The smallest absolute Gasteiger partial charge is 0.227 e. The summed E-state index contributed by atoms with van der Waals surface area (Å²) in [5.74, 6) is -0.0776. The van der Waals surface area contributed by atoms with Crippen LogP contribution in [-0.4, -0.2) is 22.1 Å². The average molecular weight is 363 g/mol. The summed E-state index contributed by atoms with van der Waals surface area (Å²) in [7, 11) is 0. The molecule has 17 heavy (non-hydrogen) atoms. The summed E-state index contributed by atoms with van der Waals surface area (Å²) in [4.78, 5) is 12.1. The molecule has 0 aliphatic rings. The zero-order chi connectivity index (χ0) is 12.9. The second kappa shape index (κ2) is 6.55. The van der Waals surface area contributed by atoms with Crippen molar-refractivity contribution in [3.05, 3.63) is 35.9 Å². The molecule has 1 unspecified atom stereocenters. The first-order valence-corrected chi connectivity index (χ1v) is 7.75. The molecule has 0 radical (unpaired) electrons. The van der Waals surface area contributed by atoms with Gasteiger partial charge in [0.15, 0.2) is 0 Å². The Morgan fingerprint density at radius 3 is 2.29 bits per heavy atom. The van der Waals surface area contributed by atoms with Crippen molar-refractivity contribution < 1.29 is 4.79 Å². The predicted octanol–water partition coefficient (Wildman–Crippen LogP) is 3.45. The molecule has 94 valence electrons. The molecular weight excluding hydrogens is 346 g/mol. The lowest BCUT2D eigenvalue weighted by molar-refractivity contribution is -0.123. The van der Waals surface area contributed by atoms with Crippen molar-refractivity contribution >= 4 is 37.8 Å². The van der Waals surface area contributed by atoms with Gasteiger partial charge < -0.3 is 5.32 Å². The van der Waals surface area contributed by atoms with E-state index in [0.717, 1.165) is 16.2 Å². The van der Waals surface area contributed by atoms with Crippen molar-refractivity contribution in [2.75, 3.05) is 10.7 Å². The van der Waals surface area contributed by atoms with E-state index in [9.17, 15) is 4.79 Å². The summed E-state index contributed by atoms with van der Waals surface area (Å²) in [6.07, 6.45) is 0. The van der Waals surface area contributed by atoms with Gasteiger partial charge in [0, 0.05) is 10.7 Å². The highest BCUT2D eigenvalue weighted by Gasteiger charge is 2.26. The maximum Gasteiger partial charge on any atom is 0.227 e. The van der Waals surface area contributed by atoms with Gasteiger partial charge in [0.2, 0.25) is 5.91 Å². The minimum Gasteiger partial charge on any atom is -0.349 e. The molecule has 1 N–H and O–H groups in total. The zero-order valence-electron chi connectivity index (χ0n) is 10.0. The molecule has 1 atom stereocenters. The van der Waals surface area contributed by atoms with Gasteiger partial charge >= 0.3 is 0 Å². The van der Waals surface area contributed by atoms with Crippen LogP contribution < -0.4 is 5.32 Å². The van der Waals surface area contributed by atoms with E-state index < -0.39 is 0 Å². The number of halogens is 2. The fourth-order valence-electron chi connectivity index (χ4n) is 1.40. The SMILES string of the molecule is CC(C(=O)NC(C)(CBr)CBr)c1ccccc1. The van der Waals surface area contributed by atoms with Gasteiger partial charge in [-0.15, -0.1) is 0 Å². The van der Waals surface area contributed by atoms with E-state index in [-0.39, 0.29) is 17.4 Å². The molecule has 0 heterocycles. The molecule has 0 spiro atoms. The summed E-state index contributed by atoms with van der Waals surface area (Å²) in [5, 5.41) is 4.50. The van der Waals surface area contributed by atoms with Gasteiger partial charge in [-0.2, -0.15) is 0 Å². The van der Waals surface area contributed by atoms with Crippen LogP contribution in [0.15, 0.2) is 30.3 Å². The Labute approximate surface area is 119 Å². The Balaban J connectivity index is 2.71. The van der Waals surface area contributed by atoms with Gasteiger partial charge in [0.25, 0.3) is 0 Å². The first kappa shape index (κ1) is 14.7. The molecule has 1 aromatic rings. The normalized spacial score (nSPS) is 13.2. The number of alkyl halides is 2. The third kappa shape index (κ3) is 4.11. The van der Waals surface area contributed by atoms with E-state index in [4.69, 9.17) is 0 Å². The number of hydrogen-bond donors (Lipinski definition) is 1. The monoisotopic (exact) mass is 361 g/mol. The Morgan fingerprint density at radius 2 is 1.82 bits per heavy atom. The predicted molar refractivity (Wildman–Crippen MR) is 79.0 cm³/mol. The van der Waals surface area contributed by atoms with E-state index in [0.29, 0.717) is 0 Å². The van der Waals surface area contributed by atoms with Crippen LogP contribution in [0, 0.1) is 0 Å². The van der Waals surface area contributed by atoms with Crippen molar-refractivity contribution in [2.24, 2.45) is 0 Å². The van der Waals surface area contributed by atoms with Crippen molar-refractivity contribution in [1.82, 2.24) is 5.32 Å². The molecule has 1 aromatic carbocycles. The van der Waals surface area contributed by atoms with Crippen LogP contribution in [0.4, 0.5) is 0 Å². The second-order valence-electron chi connectivity index (χ2n) is 4.45. The molecule has 0 bridgehead atoms. The average Bonchev–Trinajstić information content (AvgIpc) is 2.38. The summed E-state index contributed by atoms with van der Waals surface area (Å²) in [6.45, 7) is 3.93. The minimum atomic E-state index is -0.250. The van der Waals surface area contributed by atoms with Crippen LogP contribution in [0.25, 0.3) is 0 Å². The van der Waals surface area contributed by atoms with Crippen LogP contribution in [0.5, 0.6) is 0 Å². The van der Waals surface area contributed by atoms with E-state index in [1.807, 2.05) is 44.2 Å². The summed E-state index contributed by atoms with van der Waals surface area (Å²) < 4.78 is 0. The second-order valence-corrected chi connectivity index (χ2v) is 5.57. The summed E-state index contributed by atoms with van der Waals surface area (Å²) in [5.41, 5.74) is 0.789. The third-order valence-corrected chi connectivity index (χ3v) is 5.18. The highest BCUT2D eigenvalue weighted by molar-refractivity contribution is 9.09. The van der Waals surface area contributed by atoms with Crippen molar-refractivity contribution in [2.45, 2.75) is 25.3 Å². The Morgan fingerprint density at radius 1 is 1.29 bits per heavy atom. The van der Waals surface area contributed by atoms with Gasteiger partial charge in [-0.3, -0.25) is 4.79 Å². The lowest BCUT2D eigenvalue weighted by atomic mass is 9.98. The third-order valence-electron chi connectivity index (χ3n) is 2.71. The number of nitrogens with one attached hydrogen (secondary N) is 1. The van der Waals surface area contributed by atoms with E-state index in [1.165, 1.54) is 0 Å². The number of carbonyl (C=O) groups excluding carboxylic acids is 1. The number of carbonyl (C=O) groups is 1. The fraction of sp³-hybridized carbons (Fsp3) is 0.462. The van der Waals surface area contributed by atoms with Crippen molar-refractivity contribution in [3.8, 4) is 0 Å². The van der Waals surface area contributed by atoms with Gasteiger partial charge in [-0.25, -0.2) is 0 Å². The molecule has 0 aliphatic carbocycles. The molecule has 2 nitrogen and oxygen atoms in total. The fourth-order valence-corrected chi connectivity index (χ4v) is 2.61. The number of hydrogen-bond acceptors (Lipinski definition) is 1. The van der Waals surface area contributed by atoms with Crippen molar-refractivity contribution in [1.29, 1.82) is 0 Å². The molecule has 1 amide bonds. The molecule has 0 saturated heterocycles. The zero-order valence-corrected chi connectivity index (χ0v) is 13.2. The van der Waals surface area contributed by atoms with Gasteiger partial charge in [0.1, 0.15) is 0 Å². The van der Waals surface area contributed by atoms with Crippen LogP contribution in [-0.2, 0) is 4.79 Å². The van der Waals surface area contributed by atoms with Gasteiger partial charge in [-0.05, 0) is 19.4 Å². The van der Waals surface area contributed by atoms with E-state index in [2.05, 4.69) is 37.2 Å². The Bertz CT molecular complexity index is 363. The quantitative estimate of drug-likeness (QED) is 0.798. The molecule has 0 saturated carbocycles. The van der Waals surface area contributed by atoms with Crippen LogP contribution in [0.2, 0.25) is 0 Å². The minimum absolute atomic E-state index is 0.0533. The number of benzene rings is 1. The standard InChI is InChI=1S/C13H17Br2NO/c1-10(11-6-4-3-5-7-11)12(17)16-13(2,8-14)9-15/h3-7,10H,8-9H2,1-2H3,(H,16,17). The molecule has 4 heteroatoms. The van der Waals surface area contributed by atoms with Crippen LogP contribution >= 0.6 is 31.9 Å². The topological polar surface area (TPSA) is 29.1 Å². The largest absolute Gasteiger partial charge is 0.349 e. The molecular formula is C13H17Br2NO. The first-order chi connectivity index (χ1) is 8.02. The highest BCUT2D eigenvalue weighted by Crippen LogP contribution is 2.18. The summed E-state index contributed by atoms with van der Waals surface area (Å²) >= 11 is 6.84. The maximum atomic E-state index is 12.1. The van der Waals surface area contributed by atoms with Gasteiger partial charge in [-0.1, -0.05) is 62.2 Å². The molecule has 1 rings (SSSR count). The number of amides is 1. The summed E-state index contributed by atoms with van der Waals surface area (Å²) in [6, 6.07) is 9.81. The number of rotatable bonds is 5. The maximum absolute atomic E-state index is 12.1. The highest BCUT2D eigenvalue weighted by atomic mass is 79.9. The molecule has 0 aliphatic heterocycles. The lowest BCUT2D eigenvalue weighted by Gasteiger charge is -2.28. The molecule has 0 aromatic heterocycles. The Kier molecular flexibility index (Phi) is 5.67. The van der Waals surface area contributed by atoms with Crippen LogP contribution in [0.1, 0.15) is 25.3 Å². The van der Waals surface area contributed by atoms with Crippen molar-refractivity contribution in [3.63, 3.8) is 0 Å². The van der Waals surface area contributed by atoms with Crippen LogP contribution in [0.3, 0.4) is 0 Å². The lowest BCUT2D eigenvalue weighted by Crippen LogP contribution is -2.50. The first-order valence-electron chi connectivity index (χ1n) is 5.51. The van der Waals surface area contributed by atoms with Gasteiger partial charge in [0.05, 0.1) is 11.5 Å². The van der Waals surface area contributed by atoms with E-state index in [1.54, 1.807) is 0 Å². The Hall–Kier alpha value is -0.350. The van der Waals surface area contributed by atoms with E-state index >= 15 is 0 Å². The molecule has 0 fully saturated rings.